The Balaban J connectivity index is 4.69. The molecule has 0 aromatic heterocycles. The molecule has 7 heteroatoms. The van der Waals surface area contributed by atoms with Gasteiger partial charge in [0.05, 0.1) is 6.61 Å². The standard InChI is InChI=1S/C10H19F3N2O2/c1-5-17-8(16)9(2,10(11,12)13)14-6-7-15(3)4/h14H,5-7H2,1-4H3. The lowest BCUT2D eigenvalue weighted by Crippen LogP contribution is -2.61. The number of carbonyl (C=O) groups excluding carboxylic acids is 1. The molecule has 0 spiro atoms. The number of alkyl halides is 3. The molecule has 0 aliphatic carbocycles. The van der Waals surface area contributed by atoms with E-state index in [2.05, 4.69) is 10.1 Å². The van der Waals surface area contributed by atoms with E-state index < -0.39 is 17.7 Å². The summed E-state index contributed by atoms with van der Waals surface area (Å²) >= 11 is 0. The van der Waals surface area contributed by atoms with Crippen LogP contribution in [0.1, 0.15) is 13.8 Å². The third kappa shape index (κ3) is 4.51. The number of halogens is 3. The van der Waals surface area contributed by atoms with E-state index in [0.29, 0.717) is 6.54 Å². The fourth-order valence-electron chi connectivity index (χ4n) is 1.09. The fraction of sp³-hybridized carbons (Fsp3) is 0.900. The highest BCUT2D eigenvalue weighted by atomic mass is 19.4. The van der Waals surface area contributed by atoms with E-state index in [1.165, 1.54) is 6.92 Å². The highest BCUT2D eigenvalue weighted by molar-refractivity contribution is 5.81. The summed E-state index contributed by atoms with van der Waals surface area (Å²) in [5.74, 6) is -1.30. The van der Waals surface area contributed by atoms with Crippen molar-refractivity contribution >= 4 is 5.97 Å². The minimum atomic E-state index is -4.69. The maximum Gasteiger partial charge on any atom is 0.417 e. The zero-order valence-electron chi connectivity index (χ0n) is 10.5. The SMILES string of the molecule is CCOC(=O)C(C)(NCCN(C)C)C(F)(F)F. The lowest BCUT2D eigenvalue weighted by molar-refractivity contribution is -0.209. The minimum Gasteiger partial charge on any atom is -0.464 e. The molecule has 0 aromatic carbocycles. The summed E-state index contributed by atoms with van der Waals surface area (Å²) in [5, 5.41) is 2.21. The van der Waals surface area contributed by atoms with Gasteiger partial charge in [-0.2, -0.15) is 13.2 Å². The van der Waals surface area contributed by atoms with Gasteiger partial charge in [-0.25, -0.2) is 4.79 Å². The summed E-state index contributed by atoms with van der Waals surface area (Å²) < 4.78 is 42.9. The molecule has 0 saturated heterocycles. The van der Waals surface area contributed by atoms with Gasteiger partial charge in [0.2, 0.25) is 5.54 Å². The topological polar surface area (TPSA) is 41.6 Å². The molecule has 0 aliphatic heterocycles. The summed E-state index contributed by atoms with van der Waals surface area (Å²) in [4.78, 5) is 13.1. The number of nitrogens with one attached hydrogen (secondary N) is 1. The average Bonchev–Trinajstić information content (AvgIpc) is 2.15. The molecule has 102 valence electrons. The molecule has 17 heavy (non-hydrogen) atoms. The van der Waals surface area contributed by atoms with Crippen LogP contribution in [0.5, 0.6) is 0 Å². The Labute approximate surface area is 99.1 Å². The number of rotatable bonds is 6. The van der Waals surface area contributed by atoms with Crippen molar-refractivity contribution in [2.45, 2.75) is 25.6 Å². The molecule has 0 heterocycles. The summed E-state index contributed by atoms with van der Waals surface area (Å²) in [5.41, 5.74) is -2.65. The number of hydrogen-bond donors (Lipinski definition) is 1. The molecule has 4 nitrogen and oxygen atoms in total. The number of likely N-dealkylation sites (N-methyl/N-ethyl adjacent to an activating group) is 1. The Bertz CT molecular complexity index is 256. The molecule has 0 bridgehead atoms. The first-order valence-electron chi connectivity index (χ1n) is 5.29. The molecular weight excluding hydrogens is 237 g/mol. The lowest BCUT2D eigenvalue weighted by atomic mass is 10.0. The molecule has 0 aromatic rings. The highest BCUT2D eigenvalue weighted by Gasteiger charge is 2.57. The van der Waals surface area contributed by atoms with Gasteiger partial charge in [0.1, 0.15) is 0 Å². The van der Waals surface area contributed by atoms with Crippen molar-refractivity contribution in [2.75, 3.05) is 33.8 Å². The van der Waals surface area contributed by atoms with Gasteiger partial charge in [-0.15, -0.1) is 0 Å². The molecule has 0 aliphatic rings. The van der Waals surface area contributed by atoms with Crippen LogP contribution in [0, 0.1) is 0 Å². The molecule has 1 N–H and O–H groups in total. The summed E-state index contributed by atoms with van der Waals surface area (Å²) in [7, 11) is 3.47. The number of esters is 1. The van der Waals surface area contributed by atoms with Crippen LogP contribution < -0.4 is 5.32 Å². The van der Waals surface area contributed by atoms with Gasteiger partial charge in [0.15, 0.2) is 0 Å². The molecule has 0 saturated carbocycles. The predicted octanol–water partition coefficient (Wildman–Crippen LogP) is 1.02. The summed E-state index contributed by atoms with van der Waals surface area (Å²) in [6.07, 6.45) is -4.69. The second-order valence-corrected chi connectivity index (χ2v) is 4.07. The van der Waals surface area contributed by atoms with Gasteiger partial charge >= 0.3 is 12.1 Å². The molecule has 1 atom stereocenters. The van der Waals surface area contributed by atoms with Gasteiger partial charge in [-0.05, 0) is 27.9 Å². The van der Waals surface area contributed by atoms with Crippen LogP contribution in [-0.2, 0) is 9.53 Å². The first-order chi connectivity index (χ1) is 7.65. The van der Waals surface area contributed by atoms with Gasteiger partial charge in [0.25, 0.3) is 0 Å². The summed E-state index contributed by atoms with van der Waals surface area (Å²) in [6.45, 7) is 2.61. The van der Waals surface area contributed by atoms with Crippen LogP contribution in [-0.4, -0.2) is 56.4 Å². The van der Waals surface area contributed by atoms with E-state index in [0.717, 1.165) is 6.92 Å². The number of nitrogens with zero attached hydrogens (tertiary/aromatic N) is 1. The van der Waals surface area contributed by atoms with Crippen molar-refractivity contribution in [1.82, 2.24) is 10.2 Å². The van der Waals surface area contributed by atoms with Crippen LogP contribution in [0.25, 0.3) is 0 Å². The Kier molecular flexibility index (Phi) is 5.91. The summed E-state index contributed by atoms with van der Waals surface area (Å²) in [6, 6.07) is 0. The Hall–Kier alpha value is -0.820. The number of hydrogen-bond acceptors (Lipinski definition) is 4. The average molecular weight is 256 g/mol. The Morgan fingerprint density at radius 1 is 1.35 bits per heavy atom. The first-order valence-corrected chi connectivity index (χ1v) is 5.29. The second-order valence-electron chi connectivity index (χ2n) is 4.07. The Morgan fingerprint density at radius 3 is 2.24 bits per heavy atom. The highest BCUT2D eigenvalue weighted by Crippen LogP contribution is 2.31. The van der Waals surface area contributed by atoms with E-state index >= 15 is 0 Å². The zero-order valence-corrected chi connectivity index (χ0v) is 10.5. The van der Waals surface area contributed by atoms with Crippen LogP contribution in [0.2, 0.25) is 0 Å². The molecule has 0 fully saturated rings. The third-order valence-electron chi connectivity index (χ3n) is 2.29. The van der Waals surface area contributed by atoms with E-state index in [9.17, 15) is 18.0 Å². The van der Waals surface area contributed by atoms with Crippen LogP contribution >= 0.6 is 0 Å². The van der Waals surface area contributed by atoms with Crippen molar-refractivity contribution in [3.8, 4) is 0 Å². The monoisotopic (exact) mass is 256 g/mol. The molecule has 0 radical (unpaired) electrons. The molecule has 0 rings (SSSR count). The van der Waals surface area contributed by atoms with E-state index in [4.69, 9.17) is 0 Å². The number of ether oxygens (including phenoxy) is 1. The van der Waals surface area contributed by atoms with Crippen LogP contribution in [0.4, 0.5) is 13.2 Å². The van der Waals surface area contributed by atoms with Gasteiger partial charge in [0, 0.05) is 13.1 Å². The van der Waals surface area contributed by atoms with Gasteiger partial charge < -0.3 is 9.64 Å². The predicted molar refractivity (Wildman–Crippen MR) is 57.6 cm³/mol. The number of carbonyl (C=O) groups is 1. The zero-order chi connectivity index (χ0) is 13.7. The maximum absolute atomic E-state index is 12.8. The van der Waals surface area contributed by atoms with Crippen molar-refractivity contribution in [1.29, 1.82) is 0 Å². The van der Waals surface area contributed by atoms with Crippen molar-refractivity contribution in [3.05, 3.63) is 0 Å². The van der Waals surface area contributed by atoms with Crippen LogP contribution in [0.3, 0.4) is 0 Å². The maximum atomic E-state index is 12.8. The Morgan fingerprint density at radius 2 is 1.88 bits per heavy atom. The fourth-order valence-corrected chi connectivity index (χ4v) is 1.09. The first kappa shape index (κ1) is 16.2. The smallest absolute Gasteiger partial charge is 0.417 e. The molecular formula is C10H19F3N2O2. The van der Waals surface area contributed by atoms with Gasteiger partial charge in [-0.3, -0.25) is 5.32 Å². The largest absolute Gasteiger partial charge is 0.464 e. The third-order valence-corrected chi connectivity index (χ3v) is 2.29. The van der Waals surface area contributed by atoms with E-state index in [1.54, 1.807) is 19.0 Å². The van der Waals surface area contributed by atoms with E-state index in [-0.39, 0.29) is 13.2 Å². The minimum absolute atomic E-state index is 0.0435. The quantitative estimate of drug-likeness (QED) is 0.720. The van der Waals surface area contributed by atoms with Crippen LogP contribution in [0.15, 0.2) is 0 Å². The van der Waals surface area contributed by atoms with E-state index in [1.807, 2.05) is 0 Å². The van der Waals surface area contributed by atoms with Crippen molar-refractivity contribution < 1.29 is 22.7 Å². The van der Waals surface area contributed by atoms with Crippen molar-refractivity contribution in [3.63, 3.8) is 0 Å². The van der Waals surface area contributed by atoms with Crippen molar-refractivity contribution in [2.24, 2.45) is 0 Å². The lowest BCUT2D eigenvalue weighted by Gasteiger charge is -2.31. The normalized spacial score (nSPS) is 15.8. The molecule has 0 amide bonds. The second kappa shape index (κ2) is 6.20. The van der Waals surface area contributed by atoms with Gasteiger partial charge in [-0.1, -0.05) is 0 Å². The molecule has 1 unspecified atom stereocenters.